The summed E-state index contributed by atoms with van der Waals surface area (Å²) >= 11 is 0. The van der Waals surface area contributed by atoms with Gasteiger partial charge in [-0.2, -0.15) is 0 Å². The fraction of sp³-hybridized carbons (Fsp3) is 0.400. The molecule has 4 nitrogen and oxygen atoms in total. The van der Waals surface area contributed by atoms with Gasteiger partial charge in [0, 0.05) is 0 Å². The van der Waals surface area contributed by atoms with Gasteiger partial charge in [0.15, 0.2) is 5.76 Å². The molecule has 1 aromatic rings. The third-order valence-corrected chi connectivity index (χ3v) is 0.967. The highest BCUT2D eigenvalue weighted by molar-refractivity contribution is 4.97. The van der Waals surface area contributed by atoms with Gasteiger partial charge in [0.25, 0.3) is 0 Å². The van der Waals surface area contributed by atoms with Crippen LogP contribution < -0.4 is 5.82 Å². The highest BCUT2D eigenvalue weighted by Gasteiger charge is 2.05. The zero-order chi connectivity index (χ0) is 6.85. The molecule has 9 heavy (non-hydrogen) atoms. The van der Waals surface area contributed by atoms with Gasteiger partial charge in [0.05, 0.1) is 0 Å². The Bertz CT molecular complexity index is 244. The van der Waals surface area contributed by atoms with E-state index in [2.05, 4.69) is 8.83 Å². The third-order valence-electron chi connectivity index (χ3n) is 0.967. The number of aryl methyl sites for hydroxylation is 1. The minimum Gasteiger partial charge on any atom is -0.396 e. The smallest absolute Gasteiger partial charge is 0.396 e. The van der Waals surface area contributed by atoms with Gasteiger partial charge in [0.2, 0.25) is 0 Å². The molecule has 0 aromatic carbocycles. The summed E-state index contributed by atoms with van der Waals surface area (Å²) in [6.07, 6.45) is 0. The van der Waals surface area contributed by atoms with E-state index >= 15 is 0 Å². The molecular formula is C5H5O4. The third kappa shape index (κ3) is 1.02. The fourth-order valence-corrected chi connectivity index (χ4v) is 0.506. The lowest BCUT2D eigenvalue weighted by atomic mass is 10.4. The minimum absolute atomic E-state index is 0.0833. The van der Waals surface area contributed by atoms with E-state index in [0.29, 0.717) is 0 Å². The maximum absolute atomic E-state index is 10.2. The maximum atomic E-state index is 10.2. The Morgan fingerprint density at radius 3 is 2.33 bits per heavy atom. The van der Waals surface area contributed by atoms with Gasteiger partial charge in [-0.25, -0.2) is 9.90 Å². The second-order valence-corrected chi connectivity index (χ2v) is 1.58. The predicted octanol–water partition coefficient (Wildman–Crippen LogP) is 0.472. The average Bonchev–Trinajstić information content (AvgIpc) is 2.10. The van der Waals surface area contributed by atoms with E-state index in [0.717, 1.165) is 0 Å². The van der Waals surface area contributed by atoms with Crippen LogP contribution in [-0.2, 0) is 11.7 Å². The SMILES string of the molecule is Cc1oc(=O)oc1C[O]. The van der Waals surface area contributed by atoms with Crippen molar-refractivity contribution in [2.75, 3.05) is 0 Å². The molecule has 0 atom stereocenters. The van der Waals surface area contributed by atoms with E-state index in [-0.39, 0.29) is 11.5 Å². The summed E-state index contributed by atoms with van der Waals surface area (Å²) in [5.74, 6) is -0.451. The minimum atomic E-state index is -0.807. The van der Waals surface area contributed by atoms with Crippen molar-refractivity contribution in [2.24, 2.45) is 0 Å². The van der Waals surface area contributed by atoms with Gasteiger partial charge in [-0.15, -0.1) is 0 Å². The van der Waals surface area contributed by atoms with Gasteiger partial charge in [-0.1, -0.05) is 0 Å². The van der Waals surface area contributed by atoms with Gasteiger partial charge in [-0.05, 0) is 6.92 Å². The molecule has 0 unspecified atom stereocenters. The van der Waals surface area contributed by atoms with Crippen molar-refractivity contribution in [3.05, 3.63) is 22.1 Å². The molecule has 0 bridgehead atoms. The van der Waals surface area contributed by atoms with Crippen molar-refractivity contribution in [1.29, 1.82) is 0 Å². The molecule has 0 amide bonds. The second-order valence-electron chi connectivity index (χ2n) is 1.58. The maximum Gasteiger partial charge on any atom is 0.519 e. The molecule has 0 N–H and O–H groups in total. The lowest BCUT2D eigenvalue weighted by molar-refractivity contribution is 0.153. The molecule has 49 valence electrons. The quantitative estimate of drug-likeness (QED) is 0.553. The van der Waals surface area contributed by atoms with Crippen LogP contribution in [0.15, 0.2) is 13.6 Å². The molecule has 1 heterocycles. The topological polar surface area (TPSA) is 63.2 Å². The van der Waals surface area contributed by atoms with Crippen LogP contribution in [0.2, 0.25) is 0 Å². The first-order chi connectivity index (χ1) is 4.24. The lowest BCUT2D eigenvalue weighted by Gasteiger charge is -1.80. The zero-order valence-corrected chi connectivity index (χ0v) is 4.84. The van der Waals surface area contributed by atoms with Crippen molar-refractivity contribution < 1.29 is 13.9 Å². The Morgan fingerprint density at radius 2 is 2.11 bits per heavy atom. The number of hydrogen-bond donors (Lipinski definition) is 0. The molecule has 0 saturated heterocycles. The van der Waals surface area contributed by atoms with E-state index in [1.54, 1.807) is 0 Å². The van der Waals surface area contributed by atoms with Crippen LogP contribution in [0, 0.1) is 6.92 Å². The van der Waals surface area contributed by atoms with E-state index < -0.39 is 12.4 Å². The zero-order valence-electron chi connectivity index (χ0n) is 4.84. The number of hydrogen-bond acceptors (Lipinski definition) is 3. The molecule has 0 aliphatic rings. The molecule has 0 saturated carbocycles. The highest BCUT2D eigenvalue weighted by Crippen LogP contribution is 2.02. The van der Waals surface area contributed by atoms with Crippen molar-refractivity contribution in [3.8, 4) is 0 Å². The Kier molecular flexibility index (Phi) is 1.40. The summed E-state index contributed by atoms with van der Waals surface area (Å²) in [6.45, 7) is 0.968. The molecule has 1 rings (SSSR count). The van der Waals surface area contributed by atoms with Gasteiger partial charge >= 0.3 is 5.82 Å². The summed E-state index contributed by atoms with van der Waals surface area (Å²) in [7, 11) is 0. The van der Waals surface area contributed by atoms with Gasteiger partial charge in [0.1, 0.15) is 12.4 Å². The van der Waals surface area contributed by atoms with Crippen LogP contribution in [0.5, 0.6) is 0 Å². The molecule has 1 aromatic heterocycles. The van der Waals surface area contributed by atoms with Crippen molar-refractivity contribution >= 4 is 0 Å². The van der Waals surface area contributed by atoms with Crippen LogP contribution in [0.4, 0.5) is 0 Å². The Labute approximate surface area is 50.7 Å². The van der Waals surface area contributed by atoms with Crippen molar-refractivity contribution in [3.63, 3.8) is 0 Å². The monoisotopic (exact) mass is 129 g/mol. The van der Waals surface area contributed by atoms with Gasteiger partial charge in [-0.3, -0.25) is 0 Å². The standard InChI is InChI=1S/C5H5O4/c1-3-4(2-6)9-5(7)8-3/h2H2,1H3. The molecule has 4 heteroatoms. The summed E-state index contributed by atoms with van der Waals surface area (Å²) in [5.41, 5.74) is 0. The first-order valence-electron chi connectivity index (χ1n) is 2.41. The summed E-state index contributed by atoms with van der Waals surface area (Å²) in [5, 5.41) is 10.1. The van der Waals surface area contributed by atoms with E-state index in [1.807, 2.05) is 0 Å². The molecular weight excluding hydrogens is 124 g/mol. The summed E-state index contributed by atoms with van der Waals surface area (Å²) < 4.78 is 8.71. The lowest BCUT2D eigenvalue weighted by Crippen LogP contribution is -1.86. The molecule has 0 aliphatic heterocycles. The first kappa shape index (κ1) is 6.10. The normalized spacial score (nSPS) is 10.0. The largest absolute Gasteiger partial charge is 0.519 e. The van der Waals surface area contributed by atoms with Crippen LogP contribution in [-0.4, -0.2) is 0 Å². The van der Waals surface area contributed by atoms with E-state index in [9.17, 15) is 9.90 Å². The molecule has 1 radical (unpaired) electrons. The van der Waals surface area contributed by atoms with Crippen LogP contribution >= 0.6 is 0 Å². The van der Waals surface area contributed by atoms with Crippen LogP contribution in [0.25, 0.3) is 0 Å². The van der Waals surface area contributed by atoms with Crippen LogP contribution in [0.1, 0.15) is 11.5 Å². The Morgan fingerprint density at radius 1 is 1.44 bits per heavy atom. The second kappa shape index (κ2) is 2.06. The van der Waals surface area contributed by atoms with Gasteiger partial charge < -0.3 is 8.83 Å². The Balaban J connectivity index is 3.16. The molecule has 0 fully saturated rings. The predicted molar refractivity (Wildman–Crippen MR) is 26.4 cm³/mol. The Hall–Kier alpha value is -1.03. The molecule has 0 aliphatic carbocycles. The van der Waals surface area contributed by atoms with Crippen molar-refractivity contribution in [2.45, 2.75) is 13.5 Å². The van der Waals surface area contributed by atoms with E-state index in [4.69, 9.17) is 0 Å². The first-order valence-corrected chi connectivity index (χ1v) is 2.41. The molecule has 0 spiro atoms. The summed E-state index contributed by atoms with van der Waals surface area (Å²) in [4.78, 5) is 10.2. The van der Waals surface area contributed by atoms with Crippen LogP contribution in [0.3, 0.4) is 0 Å². The fourth-order valence-electron chi connectivity index (χ4n) is 0.506. The van der Waals surface area contributed by atoms with Crippen molar-refractivity contribution in [1.82, 2.24) is 0 Å². The number of rotatable bonds is 1. The average molecular weight is 129 g/mol. The summed E-state index contributed by atoms with van der Waals surface area (Å²) in [6, 6.07) is 0. The highest BCUT2D eigenvalue weighted by atomic mass is 16.6. The van der Waals surface area contributed by atoms with E-state index in [1.165, 1.54) is 6.92 Å².